The second-order valence-corrected chi connectivity index (χ2v) is 8.31. The smallest absolute Gasteiger partial charge is 0.150 e. The molecule has 0 aromatic heterocycles. The molecule has 1 aromatic rings. The summed E-state index contributed by atoms with van der Waals surface area (Å²) in [5.41, 5.74) is 3.90. The van der Waals surface area contributed by atoms with Crippen LogP contribution in [-0.4, -0.2) is 32.5 Å². The van der Waals surface area contributed by atoms with E-state index in [0.29, 0.717) is 11.8 Å². The summed E-state index contributed by atoms with van der Waals surface area (Å²) in [5, 5.41) is 3.48. The second kappa shape index (κ2) is 8.54. The van der Waals surface area contributed by atoms with E-state index in [1.54, 1.807) is 6.92 Å². The standard InChI is InChI=1S/C17H29NO2S/c1-5-18-17(8-7-9-21(19,20)6-2)13-16-11-14(3)10-15(4)12-16/h10-12,17-18H,5-9,13H2,1-4H3. The predicted octanol–water partition coefficient (Wildman–Crippen LogP) is 3.04. The van der Waals surface area contributed by atoms with E-state index in [4.69, 9.17) is 0 Å². The maximum atomic E-state index is 11.6. The van der Waals surface area contributed by atoms with Crippen molar-refractivity contribution in [3.05, 3.63) is 34.9 Å². The molecule has 1 rings (SSSR count). The first-order valence-electron chi connectivity index (χ1n) is 7.87. The fourth-order valence-corrected chi connectivity index (χ4v) is 3.63. The maximum absolute atomic E-state index is 11.6. The third kappa shape index (κ3) is 7.09. The third-order valence-corrected chi connectivity index (χ3v) is 5.49. The lowest BCUT2D eigenvalue weighted by Crippen LogP contribution is -2.31. The van der Waals surface area contributed by atoms with Crippen molar-refractivity contribution >= 4 is 9.84 Å². The van der Waals surface area contributed by atoms with E-state index in [9.17, 15) is 8.42 Å². The van der Waals surface area contributed by atoms with E-state index in [-0.39, 0.29) is 5.75 Å². The van der Waals surface area contributed by atoms with Crippen molar-refractivity contribution in [2.24, 2.45) is 0 Å². The van der Waals surface area contributed by atoms with Gasteiger partial charge in [0.25, 0.3) is 0 Å². The Morgan fingerprint density at radius 3 is 2.24 bits per heavy atom. The van der Waals surface area contributed by atoms with Crippen LogP contribution in [0.2, 0.25) is 0 Å². The molecule has 0 aliphatic rings. The van der Waals surface area contributed by atoms with E-state index in [0.717, 1.165) is 25.8 Å². The highest BCUT2D eigenvalue weighted by molar-refractivity contribution is 7.91. The number of sulfone groups is 1. The molecule has 3 nitrogen and oxygen atoms in total. The van der Waals surface area contributed by atoms with Gasteiger partial charge in [-0.25, -0.2) is 8.42 Å². The molecule has 1 aromatic carbocycles. The molecule has 0 aliphatic heterocycles. The SMILES string of the molecule is CCNC(CCCS(=O)(=O)CC)Cc1cc(C)cc(C)c1. The van der Waals surface area contributed by atoms with E-state index in [1.807, 2.05) is 0 Å². The molecule has 0 spiro atoms. The van der Waals surface area contributed by atoms with Gasteiger partial charge in [-0.1, -0.05) is 43.2 Å². The molecule has 21 heavy (non-hydrogen) atoms. The van der Waals surface area contributed by atoms with Gasteiger partial charge in [-0.3, -0.25) is 0 Å². The van der Waals surface area contributed by atoms with Crippen molar-refractivity contribution in [3.63, 3.8) is 0 Å². The lowest BCUT2D eigenvalue weighted by atomic mass is 9.99. The fraction of sp³-hybridized carbons (Fsp3) is 0.647. The van der Waals surface area contributed by atoms with E-state index >= 15 is 0 Å². The lowest BCUT2D eigenvalue weighted by Gasteiger charge is -2.18. The highest BCUT2D eigenvalue weighted by atomic mass is 32.2. The highest BCUT2D eigenvalue weighted by Gasteiger charge is 2.12. The number of nitrogens with one attached hydrogen (secondary N) is 1. The van der Waals surface area contributed by atoms with Crippen LogP contribution in [0.4, 0.5) is 0 Å². The summed E-state index contributed by atoms with van der Waals surface area (Å²) in [6.45, 7) is 8.96. The summed E-state index contributed by atoms with van der Waals surface area (Å²) in [5.74, 6) is 0.550. The Morgan fingerprint density at radius 1 is 1.10 bits per heavy atom. The molecular weight excluding hydrogens is 282 g/mol. The van der Waals surface area contributed by atoms with Crippen LogP contribution in [0, 0.1) is 13.8 Å². The van der Waals surface area contributed by atoms with E-state index in [2.05, 4.69) is 44.3 Å². The monoisotopic (exact) mass is 311 g/mol. The number of benzene rings is 1. The summed E-state index contributed by atoms with van der Waals surface area (Å²) < 4.78 is 23.1. The van der Waals surface area contributed by atoms with Gasteiger partial charge in [-0.2, -0.15) is 0 Å². The maximum Gasteiger partial charge on any atom is 0.150 e. The molecule has 1 unspecified atom stereocenters. The van der Waals surface area contributed by atoms with Gasteiger partial charge in [0.05, 0.1) is 5.75 Å². The molecule has 0 bridgehead atoms. The van der Waals surface area contributed by atoms with Crippen LogP contribution in [0.5, 0.6) is 0 Å². The van der Waals surface area contributed by atoms with Crippen molar-refractivity contribution in [3.8, 4) is 0 Å². The predicted molar refractivity (Wildman–Crippen MR) is 90.6 cm³/mol. The van der Waals surface area contributed by atoms with Gasteiger partial charge >= 0.3 is 0 Å². The van der Waals surface area contributed by atoms with E-state index < -0.39 is 9.84 Å². The molecule has 0 saturated carbocycles. The number of aryl methyl sites for hydroxylation is 2. The highest BCUT2D eigenvalue weighted by Crippen LogP contribution is 2.13. The summed E-state index contributed by atoms with van der Waals surface area (Å²) in [6, 6.07) is 6.98. The number of likely N-dealkylation sites (N-methyl/N-ethyl adjacent to an activating group) is 1. The summed E-state index contributed by atoms with van der Waals surface area (Å²) in [7, 11) is -2.84. The van der Waals surface area contributed by atoms with Gasteiger partial charge in [0.1, 0.15) is 9.84 Å². The van der Waals surface area contributed by atoms with Crippen LogP contribution >= 0.6 is 0 Å². The Hall–Kier alpha value is -0.870. The zero-order valence-electron chi connectivity index (χ0n) is 13.8. The van der Waals surface area contributed by atoms with Crippen molar-refractivity contribution in [1.82, 2.24) is 5.32 Å². The van der Waals surface area contributed by atoms with Gasteiger partial charge in [0.2, 0.25) is 0 Å². The van der Waals surface area contributed by atoms with Crippen LogP contribution in [0.1, 0.15) is 43.4 Å². The molecule has 0 amide bonds. The van der Waals surface area contributed by atoms with Crippen LogP contribution in [0.25, 0.3) is 0 Å². The molecule has 1 atom stereocenters. The molecular formula is C17H29NO2S. The van der Waals surface area contributed by atoms with Gasteiger partial charge in [-0.15, -0.1) is 0 Å². The molecule has 0 fully saturated rings. The Balaban J connectivity index is 2.60. The second-order valence-electron chi connectivity index (χ2n) is 5.83. The minimum atomic E-state index is -2.84. The minimum Gasteiger partial charge on any atom is -0.314 e. The van der Waals surface area contributed by atoms with Gasteiger partial charge in [0, 0.05) is 11.8 Å². The van der Waals surface area contributed by atoms with Crippen LogP contribution in [0.15, 0.2) is 18.2 Å². The molecule has 120 valence electrons. The number of rotatable bonds is 9. The van der Waals surface area contributed by atoms with Crippen molar-refractivity contribution < 1.29 is 8.42 Å². The first-order valence-corrected chi connectivity index (χ1v) is 9.69. The molecule has 0 radical (unpaired) electrons. The third-order valence-electron chi connectivity index (χ3n) is 3.70. The fourth-order valence-electron chi connectivity index (χ4n) is 2.73. The molecule has 0 saturated heterocycles. The molecule has 0 heterocycles. The Bertz CT molecular complexity index is 517. The number of hydrogen-bond acceptors (Lipinski definition) is 3. The lowest BCUT2D eigenvalue weighted by molar-refractivity contribution is 0.484. The summed E-state index contributed by atoms with van der Waals surface area (Å²) in [6.07, 6.45) is 2.60. The van der Waals surface area contributed by atoms with Crippen LogP contribution in [0.3, 0.4) is 0 Å². The van der Waals surface area contributed by atoms with Crippen molar-refractivity contribution in [2.45, 2.75) is 53.0 Å². The summed E-state index contributed by atoms with van der Waals surface area (Å²) >= 11 is 0. The Morgan fingerprint density at radius 2 is 1.71 bits per heavy atom. The average molecular weight is 311 g/mol. The molecule has 1 N–H and O–H groups in total. The zero-order chi connectivity index (χ0) is 15.9. The largest absolute Gasteiger partial charge is 0.314 e. The Labute approximate surface area is 130 Å². The first kappa shape index (κ1) is 18.2. The topological polar surface area (TPSA) is 46.2 Å². The van der Waals surface area contributed by atoms with Crippen LogP contribution < -0.4 is 5.32 Å². The Kier molecular flexibility index (Phi) is 7.40. The van der Waals surface area contributed by atoms with Crippen molar-refractivity contribution in [1.29, 1.82) is 0 Å². The quantitative estimate of drug-likeness (QED) is 0.762. The van der Waals surface area contributed by atoms with Gasteiger partial charge in [-0.05, 0) is 45.2 Å². The average Bonchev–Trinajstić information content (AvgIpc) is 2.37. The first-order chi connectivity index (χ1) is 9.86. The normalized spacial score (nSPS) is 13.3. The molecule has 4 heteroatoms. The van der Waals surface area contributed by atoms with Gasteiger partial charge < -0.3 is 5.32 Å². The zero-order valence-corrected chi connectivity index (χ0v) is 14.6. The molecule has 0 aliphatic carbocycles. The van der Waals surface area contributed by atoms with Gasteiger partial charge in [0.15, 0.2) is 0 Å². The summed E-state index contributed by atoms with van der Waals surface area (Å²) in [4.78, 5) is 0. The van der Waals surface area contributed by atoms with Crippen molar-refractivity contribution in [2.75, 3.05) is 18.1 Å². The number of hydrogen-bond donors (Lipinski definition) is 1. The van der Waals surface area contributed by atoms with Crippen LogP contribution in [-0.2, 0) is 16.3 Å². The van der Waals surface area contributed by atoms with E-state index in [1.165, 1.54) is 16.7 Å². The minimum absolute atomic E-state index is 0.246.